The van der Waals surface area contributed by atoms with Crippen molar-refractivity contribution in [3.63, 3.8) is 0 Å². The van der Waals surface area contributed by atoms with Gasteiger partial charge in [-0.2, -0.15) is 19.8 Å². The summed E-state index contributed by atoms with van der Waals surface area (Å²) in [6.07, 6.45) is -0.0266. The number of benzene rings is 2. The lowest BCUT2D eigenvalue weighted by Gasteiger charge is -2.20. The molecule has 37 heavy (non-hydrogen) atoms. The highest BCUT2D eigenvalue weighted by Gasteiger charge is 2.24. The summed E-state index contributed by atoms with van der Waals surface area (Å²) < 4.78 is 34.6. The molecule has 0 fully saturated rings. The zero-order chi connectivity index (χ0) is 27.0. The van der Waals surface area contributed by atoms with Gasteiger partial charge in [0, 0.05) is 31.5 Å². The van der Waals surface area contributed by atoms with Crippen molar-refractivity contribution in [2.45, 2.75) is 38.1 Å². The van der Waals surface area contributed by atoms with E-state index >= 15 is 0 Å². The van der Waals surface area contributed by atoms with Gasteiger partial charge >= 0.3 is 5.97 Å². The molecule has 10 nitrogen and oxygen atoms in total. The highest BCUT2D eigenvalue weighted by atomic mass is 32.2. The number of fused-ring (bicyclic) bond motifs is 1. The van der Waals surface area contributed by atoms with Gasteiger partial charge in [0.15, 0.2) is 4.80 Å². The summed E-state index contributed by atoms with van der Waals surface area (Å²) in [5.41, 5.74) is 1.92. The maximum atomic E-state index is 13.0. The molecule has 192 valence electrons. The van der Waals surface area contributed by atoms with Crippen LogP contribution in [0.2, 0.25) is 0 Å². The Bertz CT molecular complexity index is 1540. The lowest BCUT2D eigenvalue weighted by molar-refractivity contribution is -0.143. The molecule has 0 aliphatic carbocycles. The molecule has 0 bridgehead atoms. The van der Waals surface area contributed by atoms with Crippen LogP contribution < -0.4 is 4.80 Å². The topological polar surface area (TPSA) is 146 Å². The fourth-order valence-electron chi connectivity index (χ4n) is 3.53. The van der Waals surface area contributed by atoms with Gasteiger partial charge in [0.25, 0.3) is 5.91 Å². The van der Waals surface area contributed by atoms with E-state index in [2.05, 4.69) is 4.99 Å². The van der Waals surface area contributed by atoms with Crippen molar-refractivity contribution in [1.29, 1.82) is 10.5 Å². The first kappa shape index (κ1) is 27.7. The fourth-order valence-corrected chi connectivity index (χ4v) is 6.09. The molecule has 1 amide bonds. The van der Waals surface area contributed by atoms with E-state index in [-0.39, 0.29) is 49.5 Å². The second-order valence-electron chi connectivity index (χ2n) is 7.91. The Morgan fingerprint density at radius 2 is 1.73 bits per heavy atom. The maximum absolute atomic E-state index is 13.0. The molecule has 0 N–H and O–H groups in total. The number of aryl methyl sites for hydroxylation is 1. The summed E-state index contributed by atoms with van der Waals surface area (Å²) >= 11 is 1.26. The minimum Gasteiger partial charge on any atom is -0.465 e. The van der Waals surface area contributed by atoms with E-state index in [4.69, 9.17) is 15.3 Å². The predicted octanol–water partition coefficient (Wildman–Crippen LogP) is 3.13. The number of thiazole rings is 1. The number of aromatic nitrogens is 1. The lowest BCUT2D eigenvalue weighted by Crippen LogP contribution is -2.32. The zero-order valence-electron chi connectivity index (χ0n) is 20.4. The molecule has 0 aliphatic heterocycles. The molecule has 0 aliphatic rings. The quantitative estimate of drug-likeness (QED) is 0.360. The molecule has 0 spiro atoms. The van der Waals surface area contributed by atoms with Gasteiger partial charge in [-0.25, -0.2) is 8.42 Å². The summed E-state index contributed by atoms with van der Waals surface area (Å²) in [6, 6.07) is 14.8. The highest BCUT2D eigenvalue weighted by Crippen LogP contribution is 2.20. The van der Waals surface area contributed by atoms with Crippen molar-refractivity contribution in [2.24, 2.45) is 4.99 Å². The van der Waals surface area contributed by atoms with Crippen LogP contribution in [0.5, 0.6) is 0 Å². The van der Waals surface area contributed by atoms with Crippen LogP contribution in [0, 0.1) is 29.6 Å². The number of ether oxygens (including phenoxy) is 1. The maximum Gasteiger partial charge on any atom is 0.326 e. The van der Waals surface area contributed by atoms with E-state index in [9.17, 15) is 18.0 Å². The molecule has 0 radical (unpaired) electrons. The SMILES string of the molecule is CCOC(=O)Cn1c(=NC(=O)c2ccc(S(=O)(=O)N(CCC#N)CCC#N)cc2)sc2cc(C)ccc21. The van der Waals surface area contributed by atoms with Crippen molar-refractivity contribution in [1.82, 2.24) is 8.87 Å². The first-order valence-corrected chi connectivity index (χ1v) is 13.7. The molecule has 0 unspecified atom stereocenters. The standard InChI is InChI=1S/C25H25N5O5S2/c1-3-35-23(31)17-30-21-11-6-18(2)16-22(21)36-25(30)28-24(32)19-7-9-20(10-8-19)37(33,34)29(14-4-12-26)15-5-13-27/h6-11,16H,3-5,14-15,17H2,1-2H3. The van der Waals surface area contributed by atoms with Gasteiger partial charge in [0.2, 0.25) is 10.0 Å². The molecule has 12 heteroatoms. The number of nitriles is 2. The largest absolute Gasteiger partial charge is 0.465 e. The van der Waals surface area contributed by atoms with Gasteiger partial charge in [0.1, 0.15) is 6.54 Å². The molecular weight excluding hydrogens is 514 g/mol. The number of amides is 1. The number of rotatable bonds is 10. The number of esters is 1. The molecule has 1 aromatic heterocycles. The van der Waals surface area contributed by atoms with Crippen LogP contribution >= 0.6 is 11.3 Å². The van der Waals surface area contributed by atoms with E-state index in [1.165, 1.54) is 35.6 Å². The first-order chi connectivity index (χ1) is 17.7. The Morgan fingerprint density at radius 1 is 1.08 bits per heavy atom. The van der Waals surface area contributed by atoms with E-state index in [1.54, 1.807) is 11.5 Å². The van der Waals surface area contributed by atoms with Gasteiger partial charge in [-0.15, -0.1) is 0 Å². The van der Waals surface area contributed by atoms with Crippen molar-refractivity contribution >= 4 is 43.5 Å². The van der Waals surface area contributed by atoms with E-state index in [0.717, 1.165) is 20.1 Å². The van der Waals surface area contributed by atoms with Gasteiger partial charge in [0.05, 0.1) is 33.9 Å². The third-order valence-corrected chi connectivity index (χ3v) is 8.27. The molecule has 0 saturated carbocycles. The number of hydrogen-bond donors (Lipinski definition) is 0. The molecule has 0 atom stereocenters. The Labute approximate surface area is 218 Å². The summed E-state index contributed by atoms with van der Waals surface area (Å²) in [4.78, 5) is 29.6. The highest BCUT2D eigenvalue weighted by molar-refractivity contribution is 7.89. The minimum absolute atomic E-state index is 0.0133. The summed E-state index contributed by atoms with van der Waals surface area (Å²) in [5.74, 6) is -1.06. The van der Waals surface area contributed by atoms with E-state index in [1.807, 2.05) is 37.3 Å². The first-order valence-electron chi connectivity index (χ1n) is 11.4. The Kier molecular flexibility index (Phi) is 9.31. The average molecular weight is 540 g/mol. The van der Waals surface area contributed by atoms with Gasteiger partial charge < -0.3 is 9.30 Å². The summed E-state index contributed by atoms with van der Waals surface area (Å²) in [7, 11) is -3.96. The Balaban J connectivity index is 1.95. The average Bonchev–Trinajstić information content (AvgIpc) is 3.19. The van der Waals surface area contributed by atoms with Crippen LogP contribution in [0.1, 0.15) is 35.7 Å². The molecular formula is C25H25N5O5S2. The van der Waals surface area contributed by atoms with Gasteiger partial charge in [-0.3, -0.25) is 9.59 Å². The van der Waals surface area contributed by atoms with Crippen LogP contribution in [-0.4, -0.2) is 48.9 Å². The Morgan fingerprint density at radius 3 is 2.32 bits per heavy atom. The molecule has 1 heterocycles. The van der Waals surface area contributed by atoms with Crippen LogP contribution in [0.3, 0.4) is 0 Å². The second kappa shape index (κ2) is 12.4. The zero-order valence-corrected chi connectivity index (χ0v) is 22.0. The predicted molar refractivity (Wildman–Crippen MR) is 137 cm³/mol. The van der Waals surface area contributed by atoms with Crippen molar-refractivity contribution in [2.75, 3.05) is 19.7 Å². The van der Waals surface area contributed by atoms with Crippen molar-refractivity contribution in [3.8, 4) is 12.1 Å². The monoisotopic (exact) mass is 539 g/mol. The number of carbonyl (C=O) groups excluding carboxylic acids is 2. The van der Waals surface area contributed by atoms with Crippen LogP contribution in [0.15, 0.2) is 52.4 Å². The van der Waals surface area contributed by atoms with Crippen molar-refractivity contribution in [3.05, 3.63) is 58.4 Å². The number of carbonyl (C=O) groups is 2. The van der Waals surface area contributed by atoms with Crippen LogP contribution in [0.25, 0.3) is 10.2 Å². The Hall–Kier alpha value is -3.84. The smallest absolute Gasteiger partial charge is 0.326 e. The van der Waals surface area contributed by atoms with Gasteiger partial charge in [-0.05, 0) is 55.8 Å². The summed E-state index contributed by atoms with van der Waals surface area (Å²) in [6.45, 7) is 3.69. The van der Waals surface area contributed by atoms with E-state index < -0.39 is 21.9 Å². The van der Waals surface area contributed by atoms with Gasteiger partial charge in [-0.1, -0.05) is 17.4 Å². The fraction of sp³-hybridized carbons (Fsp3) is 0.320. The molecule has 3 rings (SSSR count). The minimum atomic E-state index is -3.96. The third-order valence-electron chi connectivity index (χ3n) is 5.31. The number of sulfonamides is 1. The summed E-state index contributed by atoms with van der Waals surface area (Å²) in [5, 5.41) is 17.7. The lowest BCUT2D eigenvalue weighted by atomic mass is 10.2. The van der Waals surface area contributed by atoms with Crippen molar-refractivity contribution < 1.29 is 22.7 Å². The number of nitrogens with zero attached hydrogens (tertiary/aromatic N) is 5. The molecule has 0 saturated heterocycles. The molecule has 3 aromatic rings. The van der Waals surface area contributed by atoms with Crippen LogP contribution in [0.4, 0.5) is 0 Å². The normalized spacial score (nSPS) is 11.9. The van der Waals surface area contributed by atoms with E-state index in [0.29, 0.717) is 4.80 Å². The molecule has 2 aromatic carbocycles. The van der Waals surface area contributed by atoms with Crippen LogP contribution in [-0.2, 0) is 26.1 Å². The second-order valence-corrected chi connectivity index (χ2v) is 10.9. The number of hydrogen-bond acceptors (Lipinski definition) is 8. The third kappa shape index (κ3) is 6.68.